The molecule has 8 nitrogen and oxygen atoms in total. The van der Waals surface area contributed by atoms with Gasteiger partial charge in [0.05, 0.1) is 34.7 Å². The van der Waals surface area contributed by atoms with Crippen molar-refractivity contribution in [1.82, 2.24) is 29.9 Å². The number of nitrogens with one attached hydrogen (secondary N) is 1. The van der Waals surface area contributed by atoms with Gasteiger partial charge in [0.15, 0.2) is 0 Å². The predicted octanol–water partition coefficient (Wildman–Crippen LogP) is 2.47. The Bertz CT molecular complexity index is 1260. The fourth-order valence-corrected chi connectivity index (χ4v) is 3.40. The van der Waals surface area contributed by atoms with E-state index in [4.69, 9.17) is 0 Å². The molecule has 8 heteroatoms. The molecule has 4 rings (SSSR count). The molecule has 1 aromatic carbocycles. The van der Waals surface area contributed by atoms with Crippen LogP contribution in [0.1, 0.15) is 30.0 Å². The zero-order valence-corrected chi connectivity index (χ0v) is 17.0. The highest BCUT2D eigenvalue weighted by Gasteiger charge is 2.23. The predicted molar refractivity (Wildman–Crippen MR) is 113 cm³/mol. The topological polar surface area (TPSA) is 94.7 Å². The summed E-state index contributed by atoms with van der Waals surface area (Å²) in [7, 11) is 0. The fourth-order valence-electron chi connectivity index (χ4n) is 3.40. The van der Waals surface area contributed by atoms with Gasteiger partial charge in [0, 0.05) is 6.20 Å². The summed E-state index contributed by atoms with van der Waals surface area (Å²) >= 11 is 0. The molecule has 0 radical (unpaired) electrons. The minimum atomic E-state index is -0.774. The lowest BCUT2D eigenvalue weighted by Gasteiger charge is -2.14. The first-order chi connectivity index (χ1) is 14.5. The van der Waals surface area contributed by atoms with Gasteiger partial charge in [-0.15, -0.1) is 0 Å². The van der Waals surface area contributed by atoms with Crippen LogP contribution < -0.4 is 10.9 Å². The summed E-state index contributed by atoms with van der Waals surface area (Å²) in [6.07, 6.45) is 1.67. The van der Waals surface area contributed by atoms with Crippen molar-refractivity contribution in [2.75, 3.05) is 0 Å². The second-order valence-electron chi connectivity index (χ2n) is 7.11. The minimum Gasteiger partial charge on any atom is -0.349 e. The Labute approximate surface area is 173 Å². The van der Waals surface area contributed by atoms with Gasteiger partial charge in [0.1, 0.15) is 11.6 Å². The molecule has 0 bridgehead atoms. The number of fused-ring (bicyclic) bond motifs is 1. The molecule has 1 amide bonds. The highest BCUT2D eigenvalue weighted by Crippen LogP contribution is 2.20. The summed E-state index contributed by atoms with van der Waals surface area (Å²) in [4.78, 5) is 30.1. The van der Waals surface area contributed by atoms with Crippen molar-refractivity contribution in [3.63, 3.8) is 0 Å². The molecular formula is C22H22N6O2. The van der Waals surface area contributed by atoms with E-state index < -0.39 is 6.04 Å². The number of nitrogens with zero attached hydrogens (tertiary/aromatic N) is 5. The van der Waals surface area contributed by atoms with Gasteiger partial charge in [-0.3, -0.25) is 14.6 Å². The third-order valence-corrected chi connectivity index (χ3v) is 5.06. The highest BCUT2D eigenvalue weighted by molar-refractivity contribution is 5.84. The maximum Gasteiger partial charge on any atom is 0.278 e. The van der Waals surface area contributed by atoms with Gasteiger partial charge in [-0.25, -0.2) is 9.36 Å². The van der Waals surface area contributed by atoms with Crippen LogP contribution in [0.4, 0.5) is 0 Å². The summed E-state index contributed by atoms with van der Waals surface area (Å²) in [5.41, 5.74) is 3.10. The maximum absolute atomic E-state index is 13.2. The van der Waals surface area contributed by atoms with Gasteiger partial charge in [-0.1, -0.05) is 24.3 Å². The molecule has 1 unspecified atom stereocenters. The average Bonchev–Trinajstić information content (AvgIpc) is 3.13. The van der Waals surface area contributed by atoms with Gasteiger partial charge >= 0.3 is 0 Å². The largest absolute Gasteiger partial charge is 0.349 e. The smallest absolute Gasteiger partial charge is 0.278 e. The maximum atomic E-state index is 13.2. The lowest BCUT2D eigenvalue weighted by molar-refractivity contribution is -0.124. The zero-order valence-electron chi connectivity index (χ0n) is 17.0. The van der Waals surface area contributed by atoms with Gasteiger partial charge in [-0.05, 0) is 45.0 Å². The lowest BCUT2D eigenvalue weighted by atomic mass is 10.2. The van der Waals surface area contributed by atoms with E-state index in [1.54, 1.807) is 24.7 Å². The van der Waals surface area contributed by atoms with Crippen LogP contribution in [0.3, 0.4) is 0 Å². The van der Waals surface area contributed by atoms with E-state index in [0.717, 1.165) is 11.4 Å². The number of carbonyl (C=O) groups excluding carboxylic acids is 1. The van der Waals surface area contributed by atoms with E-state index in [9.17, 15) is 9.59 Å². The number of aryl methyl sites for hydroxylation is 2. The third-order valence-electron chi connectivity index (χ3n) is 5.06. The van der Waals surface area contributed by atoms with Crippen LogP contribution in [0, 0.1) is 13.8 Å². The number of pyridine rings is 1. The van der Waals surface area contributed by atoms with E-state index >= 15 is 0 Å². The zero-order chi connectivity index (χ0) is 21.3. The summed E-state index contributed by atoms with van der Waals surface area (Å²) in [6.45, 7) is 5.58. The molecule has 3 aromatic heterocycles. The highest BCUT2D eigenvalue weighted by atomic mass is 16.2. The Morgan fingerprint density at radius 1 is 1.07 bits per heavy atom. The Balaban J connectivity index is 1.69. The van der Waals surface area contributed by atoms with E-state index in [1.807, 2.05) is 55.5 Å². The minimum absolute atomic E-state index is 0.283. The number of benzene rings is 1. The quantitative estimate of drug-likeness (QED) is 0.553. The standard InChI is InChI=1S/C22H22N6O2/c1-14-20-19(15(2)27(26-20)18-10-5-4-6-11-18)22(30)28(25-14)16(3)21(29)24-13-17-9-7-8-12-23-17/h4-12,16H,13H2,1-3H3,(H,24,29). The molecule has 152 valence electrons. The summed E-state index contributed by atoms with van der Waals surface area (Å²) < 4.78 is 2.96. The van der Waals surface area contributed by atoms with E-state index in [1.165, 1.54) is 4.68 Å². The van der Waals surface area contributed by atoms with Crippen LogP contribution in [0.15, 0.2) is 59.5 Å². The normalized spacial score (nSPS) is 12.1. The number of hydrogen-bond acceptors (Lipinski definition) is 5. The Morgan fingerprint density at radius 2 is 1.80 bits per heavy atom. The van der Waals surface area contributed by atoms with Crippen LogP contribution in [0.25, 0.3) is 16.6 Å². The van der Waals surface area contributed by atoms with Crippen LogP contribution in [0.2, 0.25) is 0 Å². The third kappa shape index (κ3) is 3.47. The van der Waals surface area contributed by atoms with Crippen molar-refractivity contribution in [1.29, 1.82) is 0 Å². The molecule has 0 spiro atoms. The van der Waals surface area contributed by atoms with Gasteiger partial charge in [-0.2, -0.15) is 10.2 Å². The van der Waals surface area contributed by atoms with Crippen molar-refractivity contribution in [3.05, 3.63) is 82.2 Å². The van der Waals surface area contributed by atoms with Crippen LogP contribution in [0.5, 0.6) is 0 Å². The number of rotatable bonds is 5. The molecule has 0 saturated heterocycles. The molecule has 0 aliphatic rings. The molecule has 0 aliphatic heterocycles. The number of para-hydroxylation sites is 1. The molecular weight excluding hydrogens is 380 g/mol. The van der Waals surface area contributed by atoms with E-state index in [-0.39, 0.29) is 18.0 Å². The second-order valence-corrected chi connectivity index (χ2v) is 7.11. The summed E-state index contributed by atoms with van der Waals surface area (Å²) in [5, 5.41) is 12.3. The molecule has 1 atom stereocenters. The molecule has 4 aromatic rings. The Morgan fingerprint density at radius 3 is 2.50 bits per heavy atom. The molecule has 0 aliphatic carbocycles. The van der Waals surface area contributed by atoms with Crippen molar-refractivity contribution in [2.45, 2.75) is 33.4 Å². The second kappa shape index (κ2) is 7.90. The summed E-state index contributed by atoms with van der Waals surface area (Å²) in [6, 6.07) is 14.3. The molecule has 30 heavy (non-hydrogen) atoms. The molecule has 3 heterocycles. The SMILES string of the molecule is Cc1nn(C(C)C(=O)NCc2ccccn2)c(=O)c2c(C)n(-c3ccccc3)nc12. The van der Waals surface area contributed by atoms with Crippen molar-refractivity contribution >= 4 is 16.8 Å². The Hall–Kier alpha value is -3.81. The van der Waals surface area contributed by atoms with Crippen LogP contribution in [-0.2, 0) is 11.3 Å². The van der Waals surface area contributed by atoms with Crippen molar-refractivity contribution in [3.8, 4) is 5.69 Å². The number of aromatic nitrogens is 5. The van der Waals surface area contributed by atoms with E-state index in [2.05, 4.69) is 20.5 Å². The molecule has 0 fully saturated rings. The van der Waals surface area contributed by atoms with E-state index in [0.29, 0.717) is 22.3 Å². The van der Waals surface area contributed by atoms with Crippen LogP contribution >= 0.6 is 0 Å². The first-order valence-corrected chi connectivity index (χ1v) is 9.69. The first kappa shape index (κ1) is 19.5. The monoisotopic (exact) mass is 402 g/mol. The van der Waals surface area contributed by atoms with Crippen LogP contribution in [-0.4, -0.2) is 30.5 Å². The number of amides is 1. The average molecular weight is 402 g/mol. The number of hydrogen-bond donors (Lipinski definition) is 1. The summed E-state index contributed by atoms with van der Waals surface area (Å²) in [5.74, 6) is -0.304. The van der Waals surface area contributed by atoms with Crippen molar-refractivity contribution < 1.29 is 4.79 Å². The molecule has 0 saturated carbocycles. The first-order valence-electron chi connectivity index (χ1n) is 9.69. The van der Waals surface area contributed by atoms with Gasteiger partial charge in [0.25, 0.3) is 5.56 Å². The number of carbonyl (C=O) groups is 1. The fraction of sp³-hybridized carbons (Fsp3) is 0.227. The lowest BCUT2D eigenvalue weighted by Crippen LogP contribution is -2.37. The van der Waals surface area contributed by atoms with Gasteiger partial charge in [0.2, 0.25) is 5.91 Å². The van der Waals surface area contributed by atoms with Gasteiger partial charge < -0.3 is 5.32 Å². The van der Waals surface area contributed by atoms with Crippen molar-refractivity contribution in [2.24, 2.45) is 0 Å². The Kier molecular flexibility index (Phi) is 5.14. The molecule has 1 N–H and O–H groups in total.